The second kappa shape index (κ2) is 4.85. The lowest BCUT2D eigenvalue weighted by Gasteiger charge is -2.12. The Kier molecular flexibility index (Phi) is 4.88. The molecule has 0 saturated heterocycles. The van der Waals surface area contributed by atoms with Crippen molar-refractivity contribution in [3.05, 3.63) is 0 Å². The van der Waals surface area contributed by atoms with Gasteiger partial charge in [-0.1, -0.05) is 13.3 Å². The highest BCUT2D eigenvalue weighted by Gasteiger charge is 2.16. The molecular formula is C5H14NO4P. The number of hydrogen-bond acceptors (Lipinski definition) is 2. The van der Waals surface area contributed by atoms with Gasteiger partial charge in [-0.15, -0.1) is 0 Å². The molecule has 0 aromatic carbocycles. The summed E-state index contributed by atoms with van der Waals surface area (Å²) in [6.45, 7) is 1.93. The van der Waals surface area contributed by atoms with Crippen LogP contribution in [0.4, 0.5) is 0 Å². The standard InChI is InChI=1S/C5H14NO4P/c1-2-3-4-5(7)6-11(8,9)10/h5,7H,2-4H2,1H3,(H3,6,8,9,10). The zero-order valence-electron chi connectivity index (χ0n) is 6.40. The molecule has 0 aromatic rings. The molecule has 0 rings (SSSR count). The highest BCUT2D eigenvalue weighted by molar-refractivity contribution is 7.49. The molecule has 11 heavy (non-hydrogen) atoms. The summed E-state index contributed by atoms with van der Waals surface area (Å²) in [6, 6.07) is 0. The number of unbranched alkanes of at least 4 members (excludes halogenated alkanes) is 1. The molecule has 0 heterocycles. The number of aliphatic hydroxyl groups is 1. The number of nitrogens with one attached hydrogen (secondary N) is 1. The van der Waals surface area contributed by atoms with E-state index in [0.717, 1.165) is 12.8 Å². The average molecular weight is 183 g/mol. The van der Waals surface area contributed by atoms with Crippen molar-refractivity contribution in [2.75, 3.05) is 0 Å². The van der Waals surface area contributed by atoms with Gasteiger partial charge in [0.05, 0.1) is 0 Å². The highest BCUT2D eigenvalue weighted by atomic mass is 31.2. The molecule has 0 aromatic heterocycles. The summed E-state index contributed by atoms with van der Waals surface area (Å²) in [4.78, 5) is 16.7. The van der Waals surface area contributed by atoms with E-state index in [1.807, 2.05) is 6.92 Å². The van der Waals surface area contributed by atoms with Gasteiger partial charge in [0.15, 0.2) is 0 Å². The van der Waals surface area contributed by atoms with Crippen LogP contribution in [0.1, 0.15) is 26.2 Å². The maximum atomic E-state index is 10.2. The summed E-state index contributed by atoms with van der Waals surface area (Å²) >= 11 is 0. The van der Waals surface area contributed by atoms with Crippen LogP contribution in [0.2, 0.25) is 0 Å². The average Bonchev–Trinajstić information content (AvgIpc) is 1.79. The summed E-state index contributed by atoms with van der Waals surface area (Å²) in [5, 5.41) is 10.7. The Balaban J connectivity index is 3.52. The molecule has 1 unspecified atom stereocenters. The fourth-order valence-corrected chi connectivity index (χ4v) is 1.17. The van der Waals surface area contributed by atoms with Gasteiger partial charge in [0.1, 0.15) is 6.23 Å². The number of hydrogen-bond donors (Lipinski definition) is 4. The third-order valence-corrected chi connectivity index (χ3v) is 1.78. The van der Waals surface area contributed by atoms with Crippen LogP contribution in [-0.4, -0.2) is 21.1 Å². The summed E-state index contributed by atoms with van der Waals surface area (Å²) in [7, 11) is -4.26. The Labute approximate surface area is 65.7 Å². The third kappa shape index (κ3) is 7.97. The molecule has 1 atom stereocenters. The second-order valence-corrected chi connectivity index (χ2v) is 3.68. The van der Waals surface area contributed by atoms with Gasteiger partial charge >= 0.3 is 7.75 Å². The Bertz CT molecular complexity index is 145. The van der Waals surface area contributed by atoms with E-state index in [9.17, 15) is 4.57 Å². The Hall–Kier alpha value is 0.0700. The van der Waals surface area contributed by atoms with E-state index < -0.39 is 14.0 Å². The lowest BCUT2D eigenvalue weighted by molar-refractivity contribution is 0.139. The van der Waals surface area contributed by atoms with E-state index in [-0.39, 0.29) is 0 Å². The summed E-state index contributed by atoms with van der Waals surface area (Å²) in [5.41, 5.74) is 0. The van der Waals surface area contributed by atoms with Crippen molar-refractivity contribution in [2.24, 2.45) is 0 Å². The molecule has 0 radical (unpaired) electrons. The predicted molar refractivity (Wildman–Crippen MR) is 40.7 cm³/mol. The van der Waals surface area contributed by atoms with Crippen LogP contribution in [0, 0.1) is 0 Å². The molecule has 0 bridgehead atoms. The van der Waals surface area contributed by atoms with Gasteiger partial charge in [0, 0.05) is 0 Å². The minimum Gasteiger partial charge on any atom is -0.378 e. The molecule has 4 N–H and O–H groups in total. The number of aliphatic hydroxyl groups excluding tert-OH is 1. The first kappa shape index (κ1) is 11.1. The van der Waals surface area contributed by atoms with Crippen molar-refractivity contribution < 1.29 is 19.5 Å². The van der Waals surface area contributed by atoms with Crippen LogP contribution in [0.15, 0.2) is 0 Å². The first-order chi connectivity index (χ1) is 4.95. The monoisotopic (exact) mass is 183 g/mol. The zero-order chi connectivity index (χ0) is 8.91. The first-order valence-electron chi connectivity index (χ1n) is 3.47. The number of rotatable bonds is 5. The molecule has 0 aliphatic rings. The molecule has 0 amide bonds. The minimum atomic E-state index is -4.26. The molecule has 0 fully saturated rings. The Morgan fingerprint density at radius 1 is 1.55 bits per heavy atom. The molecule has 0 aliphatic heterocycles. The van der Waals surface area contributed by atoms with E-state index in [2.05, 4.69) is 0 Å². The van der Waals surface area contributed by atoms with Crippen LogP contribution in [0.5, 0.6) is 0 Å². The third-order valence-electron chi connectivity index (χ3n) is 1.15. The van der Waals surface area contributed by atoms with Crippen molar-refractivity contribution in [3.8, 4) is 0 Å². The van der Waals surface area contributed by atoms with E-state index in [0.29, 0.717) is 6.42 Å². The van der Waals surface area contributed by atoms with E-state index in [1.165, 1.54) is 0 Å². The molecular weight excluding hydrogens is 169 g/mol. The molecule has 0 spiro atoms. The Morgan fingerprint density at radius 3 is 2.45 bits per heavy atom. The van der Waals surface area contributed by atoms with Crippen LogP contribution in [0.3, 0.4) is 0 Å². The zero-order valence-corrected chi connectivity index (χ0v) is 7.29. The second-order valence-electron chi connectivity index (χ2n) is 2.33. The van der Waals surface area contributed by atoms with Crippen LogP contribution in [0.25, 0.3) is 0 Å². The van der Waals surface area contributed by atoms with Gasteiger partial charge in [-0.2, -0.15) is 5.09 Å². The molecule has 5 nitrogen and oxygen atoms in total. The molecule has 68 valence electrons. The molecule has 6 heteroatoms. The lowest BCUT2D eigenvalue weighted by Crippen LogP contribution is -2.25. The fraction of sp³-hybridized carbons (Fsp3) is 1.00. The van der Waals surface area contributed by atoms with Crippen molar-refractivity contribution in [3.63, 3.8) is 0 Å². The topological polar surface area (TPSA) is 89.8 Å². The van der Waals surface area contributed by atoms with Gasteiger partial charge in [-0.05, 0) is 12.8 Å². The van der Waals surface area contributed by atoms with Crippen LogP contribution < -0.4 is 5.09 Å². The van der Waals surface area contributed by atoms with Crippen molar-refractivity contribution >= 4 is 7.75 Å². The normalized spacial score (nSPS) is 14.9. The SMILES string of the molecule is CCCCC(O)NP(=O)(O)O. The first-order valence-corrected chi connectivity index (χ1v) is 5.08. The van der Waals surface area contributed by atoms with E-state index >= 15 is 0 Å². The smallest absolute Gasteiger partial charge is 0.378 e. The summed E-state index contributed by atoms with van der Waals surface area (Å²) in [5.74, 6) is 0. The largest absolute Gasteiger partial charge is 0.402 e. The molecule has 0 saturated carbocycles. The van der Waals surface area contributed by atoms with E-state index in [4.69, 9.17) is 14.9 Å². The van der Waals surface area contributed by atoms with Crippen LogP contribution in [-0.2, 0) is 4.57 Å². The quantitative estimate of drug-likeness (QED) is 0.360. The van der Waals surface area contributed by atoms with Gasteiger partial charge < -0.3 is 14.9 Å². The van der Waals surface area contributed by atoms with Gasteiger partial charge in [0.25, 0.3) is 0 Å². The van der Waals surface area contributed by atoms with Crippen molar-refractivity contribution in [1.82, 2.24) is 5.09 Å². The fourth-order valence-electron chi connectivity index (χ4n) is 0.656. The summed E-state index contributed by atoms with van der Waals surface area (Å²) in [6.07, 6.45) is 0.895. The van der Waals surface area contributed by atoms with Gasteiger partial charge in [-0.25, -0.2) is 4.57 Å². The highest BCUT2D eigenvalue weighted by Crippen LogP contribution is 2.29. The maximum absolute atomic E-state index is 10.2. The summed E-state index contributed by atoms with van der Waals surface area (Å²) < 4.78 is 10.2. The maximum Gasteiger partial charge on any atom is 0.402 e. The van der Waals surface area contributed by atoms with Crippen molar-refractivity contribution in [1.29, 1.82) is 0 Å². The molecule has 0 aliphatic carbocycles. The predicted octanol–water partition coefficient (Wildman–Crippen LogP) is 0.177. The van der Waals surface area contributed by atoms with Gasteiger partial charge in [0.2, 0.25) is 0 Å². The van der Waals surface area contributed by atoms with Crippen LogP contribution >= 0.6 is 7.75 Å². The minimum absolute atomic E-state index is 0.363. The van der Waals surface area contributed by atoms with Gasteiger partial charge in [-0.3, -0.25) is 0 Å². The lowest BCUT2D eigenvalue weighted by atomic mass is 10.2. The van der Waals surface area contributed by atoms with Crippen molar-refractivity contribution in [2.45, 2.75) is 32.4 Å². The van der Waals surface area contributed by atoms with E-state index in [1.54, 1.807) is 5.09 Å². The Morgan fingerprint density at radius 2 is 2.09 bits per heavy atom.